The van der Waals surface area contributed by atoms with Gasteiger partial charge in [-0.3, -0.25) is 0 Å². The lowest BCUT2D eigenvalue weighted by atomic mass is 9.98. The summed E-state index contributed by atoms with van der Waals surface area (Å²) in [6.45, 7) is 6.96. The molecule has 0 N–H and O–H groups in total. The van der Waals surface area contributed by atoms with E-state index in [1.54, 1.807) is 11.1 Å². The maximum Gasteiger partial charge on any atom is -0.0226 e. The molecule has 0 saturated carbocycles. The zero-order chi connectivity index (χ0) is 8.27. The summed E-state index contributed by atoms with van der Waals surface area (Å²) < 4.78 is 0. The van der Waals surface area contributed by atoms with Gasteiger partial charge >= 0.3 is 0 Å². The Balaban J connectivity index is 2.64. The van der Waals surface area contributed by atoms with E-state index in [2.05, 4.69) is 20.8 Å². The van der Waals surface area contributed by atoms with Gasteiger partial charge in [0.25, 0.3) is 0 Å². The van der Waals surface area contributed by atoms with Gasteiger partial charge in [0.05, 0.1) is 0 Å². The highest BCUT2D eigenvalue weighted by Gasteiger charge is 2.18. The smallest absolute Gasteiger partial charge is 0.0226 e. The lowest BCUT2D eigenvalue weighted by Crippen LogP contribution is -1.92. The molecule has 1 atom stereocenters. The Kier molecular flexibility index (Phi) is 3.16. The lowest BCUT2D eigenvalue weighted by Gasteiger charge is -2.08. The molecule has 1 aliphatic rings. The van der Waals surface area contributed by atoms with Crippen LogP contribution < -0.4 is 0 Å². The molecule has 0 amide bonds. The van der Waals surface area contributed by atoms with E-state index in [1.165, 1.54) is 32.1 Å². The summed E-state index contributed by atoms with van der Waals surface area (Å²) in [5.74, 6) is 0.893. The van der Waals surface area contributed by atoms with Gasteiger partial charge in [0.15, 0.2) is 0 Å². The molecule has 11 heavy (non-hydrogen) atoms. The first-order chi connectivity index (χ1) is 5.29. The van der Waals surface area contributed by atoms with Crippen LogP contribution >= 0.6 is 0 Å². The third-order valence-electron chi connectivity index (χ3n) is 2.87. The van der Waals surface area contributed by atoms with Crippen LogP contribution in [0.3, 0.4) is 0 Å². The van der Waals surface area contributed by atoms with Crippen molar-refractivity contribution < 1.29 is 0 Å². The van der Waals surface area contributed by atoms with Crippen molar-refractivity contribution in [1.29, 1.82) is 0 Å². The molecular formula is C11H20. The molecular weight excluding hydrogens is 132 g/mol. The number of hydrogen-bond donors (Lipinski definition) is 0. The van der Waals surface area contributed by atoms with Crippen LogP contribution in [0.2, 0.25) is 0 Å². The van der Waals surface area contributed by atoms with E-state index in [4.69, 9.17) is 0 Å². The van der Waals surface area contributed by atoms with Gasteiger partial charge in [-0.1, -0.05) is 38.3 Å². The Morgan fingerprint density at radius 2 is 2.09 bits per heavy atom. The summed E-state index contributed by atoms with van der Waals surface area (Å²) >= 11 is 0. The van der Waals surface area contributed by atoms with Gasteiger partial charge in [0, 0.05) is 0 Å². The highest BCUT2D eigenvalue weighted by Crippen LogP contribution is 2.35. The molecule has 1 aliphatic carbocycles. The minimum Gasteiger partial charge on any atom is -0.0710 e. The molecule has 64 valence electrons. The summed E-state index contributed by atoms with van der Waals surface area (Å²) in [5.41, 5.74) is 3.55. The van der Waals surface area contributed by atoms with Crippen LogP contribution in [-0.2, 0) is 0 Å². The van der Waals surface area contributed by atoms with E-state index >= 15 is 0 Å². The van der Waals surface area contributed by atoms with Crippen molar-refractivity contribution >= 4 is 0 Å². The minimum atomic E-state index is 0.893. The normalized spacial score (nSPS) is 24.8. The molecule has 0 aromatic rings. The molecule has 0 radical (unpaired) electrons. The van der Waals surface area contributed by atoms with Crippen molar-refractivity contribution in [3.05, 3.63) is 11.1 Å². The van der Waals surface area contributed by atoms with Crippen molar-refractivity contribution in [1.82, 2.24) is 0 Å². The van der Waals surface area contributed by atoms with Crippen LogP contribution in [-0.4, -0.2) is 0 Å². The van der Waals surface area contributed by atoms with E-state index in [0.717, 1.165) is 5.92 Å². The maximum absolute atomic E-state index is 2.38. The zero-order valence-corrected chi connectivity index (χ0v) is 8.11. The standard InChI is InChI=1S/C11H20/c1-4-6-11-9(3)7-8-10(11)5-2/h9H,4-8H2,1-3H3. The van der Waals surface area contributed by atoms with E-state index in [0.29, 0.717) is 0 Å². The first-order valence-electron chi connectivity index (χ1n) is 5.00. The second-order valence-electron chi connectivity index (χ2n) is 3.67. The number of rotatable bonds is 3. The summed E-state index contributed by atoms with van der Waals surface area (Å²) in [6, 6.07) is 0. The topological polar surface area (TPSA) is 0 Å². The fourth-order valence-electron chi connectivity index (χ4n) is 2.17. The first-order valence-corrected chi connectivity index (χ1v) is 5.00. The summed E-state index contributed by atoms with van der Waals surface area (Å²) in [4.78, 5) is 0. The van der Waals surface area contributed by atoms with Gasteiger partial charge in [-0.25, -0.2) is 0 Å². The third kappa shape index (κ3) is 1.85. The molecule has 0 heteroatoms. The van der Waals surface area contributed by atoms with Gasteiger partial charge < -0.3 is 0 Å². The minimum absolute atomic E-state index is 0.893. The Morgan fingerprint density at radius 1 is 1.36 bits per heavy atom. The van der Waals surface area contributed by atoms with Crippen molar-refractivity contribution in [2.24, 2.45) is 5.92 Å². The lowest BCUT2D eigenvalue weighted by molar-refractivity contribution is 0.638. The quantitative estimate of drug-likeness (QED) is 0.538. The summed E-state index contributed by atoms with van der Waals surface area (Å²) in [7, 11) is 0. The Labute approximate surface area is 70.7 Å². The molecule has 0 bridgehead atoms. The largest absolute Gasteiger partial charge is 0.0710 e. The highest BCUT2D eigenvalue weighted by atomic mass is 14.2. The SMILES string of the molecule is CCCC1=C(CC)CCC1C. The fourth-order valence-corrected chi connectivity index (χ4v) is 2.17. The van der Waals surface area contributed by atoms with E-state index in [-0.39, 0.29) is 0 Å². The molecule has 0 nitrogen and oxygen atoms in total. The summed E-state index contributed by atoms with van der Waals surface area (Å²) in [5, 5.41) is 0. The fraction of sp³-hybridized carbons (Fsp3) is 0.818. The molecule has 0 heterocycles. The Hall–Kier alpha value is -0.260. The second-order valence-corrected chi connectivity index (χ2v) is 3.67. The molecule has 0 fully saturated rings. The monoisotopic (exact) mass is 152 g/mol. The van der Waals surface area contributed by atoms with Crippen molar-refractivity contribution in [3.63, 3.8) is 0 Å². The van der Waals surface area contributed by atoms with Gasteiger partial charge in [-0.05, 0) is 31.6 Å². The summed E-state index contributed by atoms with van der Waals surface area (Å²) in [6.07, 6.45) is 6.76. The van der Waals surface area contributed by atoms with Gasteiger partial charge in [-0.15, -0.1) is 0 Å². The maximum atomic E-state index is 2.38. The Morgan fingerprint density at radius 3 is 2.64 bits per heavy atom. The number of allylic oxidation sites excluding steroid dienone is 2. The van der Waals surface area contributed by atoms with Crippen molar-refractivity contribution in [2.75, 3.05) is 0 Å². The van der Waals surface area contributed by atoms with E-state index in [1.807, 2.05) is 0 Å². The molecule has 0 aliphatic heterocycles. The molecule has 1 unspecified atom stereocenters. The Bertz CT molecular complexity index is 153. The molecule has 1 rings (SSSR count). The first kappa shape index (κ1) is 8.83. The van der Waals surface area contributed by atoms with Crippen LogP contribution in [0.5, 0.6) is 0 Å². The predicted octanol–water partition coefficient (Wildman–Crippen LogP) is 3.92. The van der Waals surface area contributed by atoms with Crippen molar-refractivity contribution in [2.45, 2.75) is 52.9 Å². The second kappa shape index (κ2) is 3.94. The van der Waals surface area contributed by atoms with Crippen LogP contribution in [0.25, 0.3) is 0 Å². The average Bonchev–Trinajstić information content (AvgIpc) is 2.34. The molecule has 0 aromatic heterocycles. The van der Waals surface area contributed by atoms with Crippen molar-refractivity contribution in [3.8, 4) is 0 Å². The predicted molar refractivity (Wildman–Crippen MR) is 50.6 cm³/mol. The average molecular weight is 152 g/mol. The highest BCUT2D eigenvalue weighted by molar-refractivity contribution is 5.21. The van der Waals surface area contributed by atoms with Crippen LogP contribution in [0.1, 0.15) is 52.9 Å². The molecule has 0 spiro atoms. The zero-order valence-electron chi connectivity index (χ0n) is 8.11. The third-order valence-corrected chi connectivity index (χ3v) is 2.87. The molecule has 0 saturated heterocycles. The van der Waals surface area contributed by atoms with Gasteiger partial charge in [0.2, 0.25) is 0 Å². The van der Waals surface area contributed by atoms with Gasteiger partial charge in [0.1, 0.15) is 0 Å². The van der Waals surface area contributed by atoms with E-state index in [9.17, 15) is 0 Å². The number of hydrogen-bond acceptors (Lipinski definition) is 0. The van der Waals surface area contributed by atoms with Crippen LogP contribution in [0.4, 0.5) is 0 Å². The van der Waals surface area contributed by atoms with E-state index < -0.39 is 0 Å². The van der Waals surface area contributed by atoms with Crippen LogP contribution in [0.15, 0.2) is 11.1 Å². The van der Waals surface area contributed by atoms with Crippen LogP contribution in [0, 0.1) is 5.92 Å². The van der Waals surface area contributed by atoms with Gasteiger partial charge in [-0.2, -0.15) is 0 Å². The molecule has 0 aromatic carbocycles.